The summed E-state index contributed by atoms with van der Waals surface area (Å²) >= 11 is 0. The first-order valence-electron chi connectivity index (χ1n) is 7.19. The molecule has 3 aromatic carbocycles. The van der Waals surface area contributed by atoms with Crippen LogP contribution in [-0.2, 0) is 0 Å². The number of fused-ring (bicyclic) bond motifs is 1. The number of carbonyl (C=O) groups excluding carboxylic acids is 1. The first kappa shape index (κ1) is 14.1. The lowest BCUT2D eigenvalue weighted by atomic mass is 10.0. The van der Waals surface area contributed by atoms with Gasteiger partial charge in [0.05, 0.1) is 5.69 Å². The number of hydrogen-bond acceptors (Lipinski definition) is 3. The summed E-state index contributed by atoms with van der Waals surface area (Å²) in [5, 5.41) is 2.15. The maximum Gasteiger partial charge on any atom is 0.203 e. The van der Waals surface area contributed by atoms with Gasteiger partial charge < -0.3 is 10.5 Å². The van der Waals surface area contributed by atoms with E-state index >= 15 is 0 Å². The molecule has 0 saturated carbocycles. The van der Waals surface area contributed by atoms with Crippen molar-refractivity contribution in [1.29, 1.82) is 0 Å². The van der Waals surface area contributed by atoms with E-state index in [9.17, 15) is 4.79 Å². The second-order valence-electron chi connectivity index (χ2n) is 5.22. The van der Waals surface area contributed by atoms with Gasteiger partial charge in [-0.15, -0.1) is 0 Å². The lowest BCUT2D eigenvalue weighted by Gasteiger charge is -2.15. The van der Waals surface area contributed by atoms with Crippen LogP contribution in [0.3, 0.4) is 0 Å². The summed E-state index contributed by atoms with van der Waals surface area (Å²) in [6, 6.07) is 20.8. The monoisotopic (exact) mass is 291 g/mol. The van der Waals surface area contributed by atoms with Gasteiger partial charge in [0.25, 0.3) is 0 Å². The van der Waals surface area contributed by atoms with E-state index in [4.69, 9.17) is 10.5 Å². The first-order valence-corrected chi connectivity index (χ1v) is 7.19. The van der Waals surface area contributed by atoms with E-state index in [1.54, 1.807) is 19.1 Å². The third-order valence-corrected chi connectivity index (χ3v) is 3.63. The van der Waals surface area contributed by atoms with Crippen LogP contribution in [0.5, 0.6) is 5.75 Å². The maximum atomic E-state index is 12.5. The van der Waals surface area contributed by atoms with Gasteiger partial charge in [-0.05, 0) is 35.9 Å². The highest BCUT2D eigenvalue weighted by molar-refractivity contribution is 6.02. The highest BCUT2D eigenvalue weighted by atomic mass is 16.5. The fourth-order valence-corrected chi connectivity index (χ4v) is 2.41. The molecule has 1 unspecified atom stereocenters. The molecule has 0 bridgehead atoms. The minimum absolute atomic E-state index is 0.0611. The molecule has 0 fully saturated rings. The molecule has 0 spiro atoms. The molecule has 3 rings (SSSR count). The smallest absolute Gasteiger partial charge is 0.203 e. The summed E-state index contributed by atoms with van der Waals surface area (Å²) < 4.78 is 5.70. The molecule has 0 aliphatic carbocycles. The van der Waals surface area contributed by atoms with Crippen molar-refractivity contribution >= 4 is 22.2 Å². The van der Waals surface area contributed by atoms with Crippen molar-refractivity contribution in [3.8, 4) is 5.75 Å². The van der Waals surface area contributed by atoms with E-state index < -0.39 is 6.10 Å². The second-order valence-corrected chi connectivity index (χ2v) is 5.22. The van der Waals surface area contributed by atoms with Gasteiger partial charge in [0, 0.05) is 5.56 Å². The van der Waals surface area contributed by atoms with Gasteiger partial charge in [0.15, 0.2) is 6.10 Å². The van der Waals surface area contributed by atoms with Crippen molar-refractivity contribution in [2.24, 2.45) is 0 Å². The molecule has 0 radical (unpaired) electrons. The maximum absolute atomic E-state index is 12.5. The highest BCUT2D eigenvalue weighted by Crippen LogP contribution is 2.23. The Hall–Kier alpha value is -2.81. The number of benzene rings is 3. The van der Waals surface area contributed by atoms with Crippen LogP contribution >= 0.6 is 0 Å². The van der Waals surface area contributed by atoms with Gasteiger partial charge in [0.1, 0.15) is 5.75 Å². The average molecular weight is 291 g/mol. The van der Waals surface area contributed by atoms with Gasteiger partial charge in [0.2, 0.25) is 5.78 Å². The Labute approximate surface area is 129 Å². The summed E-state index contributed by atoms with van der Waals surface area (Å²) in [7, 11) is 0. The Kier molecular flexibility index (Phi) is 3.79. The summed E-state index contributed by atoms with van der Waals surface area (Å²) in [5.41, 5.74) is 7.01. The predicted octanol–water partition coefficient (Wildman–Crippen LogP) is 4.07. The predicted molar refractivity (Wildman–Crippen MR) is 89.2 cm³/mol. The summed E-state index contributed by atoms with van der Waals surface area (Å²) in [6.07, 6.45) is -0.592. The van der Waals surface area contributed by atoms with E-state index in [0.717, 1.165) is 10.8 Å². The standard InChI is InChI=1S/C19H17NO2/c1-13(22-18-9-5-4-8-17(18)20)19(21)16-11-10-14-6-2-3-7-15(14)12-16/h2-13H,20H2,1H3. The van der Waals surface area contributed by atoms with Crippen molar-refractivity contribution in [2.75, 3.05) is 5.73 Å². The molecular formula is C19H17NO2. The number of hydrogen-bond donors (Lipinski definition) is 1. The van der Waals surface area contributed by atoms with Crippen LogP contribution in [0.25, 0.3) is 10.8 Å². The van der Waals surface area contributed by atoms with E-state index in [-0.39, 0.29) is 5.78 Å². The molecule has 3 heteroatoms. The van der Waals surface area contributed by atoms with Crippen LogP contribution < -0.4 is 10.5 Å². The summed E-state index contributed by atoms with van der Waals surface area (Å²) in [5.74, 6) is 0.471. The Balaban J connectivity index is 1.84. The zero-order chi connectivity index (χ0) is 15.5. The molecular weight excluding hydrogens is 274 g/mol. The van der Waals surface area contributed by atoms with Crippen LogP contribution in [0.15, 0.2) is 66.7 Å². The number of ether oxygens (including phenoxy) is 1. The third kappa shape index (κ3) is 2.79. The quantitative estimate of drug-likeness (QED) is 0.582. The van der Waals surface area contributed by atoms with E-state index in [1.807, 2.05) is 54.6 Å². The average Bonchev–Trinajstić information content (AvgIpc) is 2.55. The Morgan fingerprint density at radius 2 is 1.64 bits per heavy atom. The van der Waals surface area contributed by atoms with Crippen LogP contribution in [0.2, 0.25) is 0 Å². The molecule has 0 saturated heterocycles. The molecule has 1 atom stereocenters. The fraction of sp³-hybridized carbons (Fsp3) is 0.105. The first-order chi connectivity index (χ1) is 10.6. The number of Topliss-reactive ketones (excluding diaryl/α,β-unsaturated/α-hetero) is 1. The van der Waals surface area contributed by atoms with E-state index in [1.165, 1.54) is 0 Å². The topological polar surface area (TPSA) is 52.3 Å². The van der Waals surface area contributed by atoms with Gasteiger partial charge in [-0.1, -0.05) is 48.5 Å². The van der Waals surface area contributed by atoms with Crippen molar-refractivity contribution in [3.63, 3.8) is 0 Å². The van der Waals surface area contributed by atoms with Gasteiger partial charge in [-0.25, -0.2) is 0 Å². The number of para-hydroxylation sites is 2. The summed E-state index contributed by atoms with van der Waals surface area (Å²) in [4.78, 5) is 12.5. The minimum atomic E-state index is -0.592. The zero-order valence-corrected chi connectivity index (χ0v) is 12.3. The van der Waals surface area contributed by atoms with Crippen molar-refractivity contribution < 1.29 is 9.53 Å². The molecule has 2 N–H and O–H groups in total. The Bertz CT molecular complexity index is 826. The van der Waals surface area contributed by atoms with Crippen molar-refractivity contribution in [2.45, 2.75) is 13.0 Å². The molecule has 3 nitrogen and oxygen atoms in total. The number of rotatable bonds is 4. The zero-order valence-electron chi connectivity index (χ0n) is 12.3. The molecule has 0 heterocycles. The second kappa shape index (κ2) is 5.90. The minimum Gasteiger partial charge on any atom is -0.480 e. The third-order valence-electron chi connectivity index (χ3n) is 3.63. The highest BCUT2D eigenvalue weighted by Gasteiger charge is 2.18. The molecule has 3 aromatic rings. The number of nitrogen functional groups attached to an aromatic ring is 1. The van der Waals surface area contributed by atoms with E-state index in [0.29, 0.717) is 17.0 Å². The van der Waals surface area contributed by atoms with Crippen LogP contribution in [0.4, 0.5) is 5.69 Å². The summed E-state index contributed by atoms with van der Waals surface area (Å²) in [6.45, 7) is 1.74. The lowest BCUT2D eigenvalue weighted by Crippen LogP contribution is -2.24. The van der Waals surface area contributed by atoms with Crippen LogP contribution in [0, 0.1) is 0 Å². The van der Waals surface area contributed by atoms with Gasteiger partial charge >= 0.3 is 0 Å². The Morgan fingerprint density at radius 1 is 0.955 bits per heavy atom. The van der Waals surface area contributed by atoms with Crippen LogP contribution in [0.1, 0.15) is 17.3 Å². The van der Waals surface area contributed by atoms with E-state index in [2.05, 4.69) is 0 Å². The number of nitrogens with two attached hydrogens (primary N) is 1. The molecule has 110 valence electrons. The SMILES string of the molecule is CC(Oc1ccccc1N)C(=O)c1ccc2ccccc2c1. The van der Waals surface area contributed by atoms with Gasteiger partial charge in [-0.3, -0.25) is 4.79 Å². The number of carbonyl (C=O) groups is 1. The lowest BCUT2D eigenvalue weighted by molar-refractivity contribution is 0.0819. The van der Waals surface area contributed by atoms with Crippen LogP contribution in [-0.4, -0.2) is 11.9 Å². The molecule has 0 aromatic heterocycles. The molecule has 0 aliphatic heterocycles. The van der Waals surface area contributed by atoms with Gasteiger partial charge in [-0.2, -0.15) is 0 Å². The Morgan fingerprint density at radius 3 is 2.41 bits per heavy atom. The largest absolute Gasteiger partial charge is 0.480 e. The molecule has 22 heavy (non-hydrogen) atoms. The fourth-order valence-electron chi connectivity index (χ4n) is 2.41. The van der Waals surface area contributed by atoms with Crippen molar-refractivity contribution in [3.05, 3.63) is 72.3 Å². The molecule has 0 amide bonds. The number of ketones is 1. The number of anilines is 1. The molecule has 0 aliphatic rings. The van der Waals surface area contributed by atoms with Crippen molar-refractivity contribution in [1.82, 2.24) is 0 Å². The normalized spacial score (nSPS) is 12.0.